The van der Waals surface area contributed by atoms with Gasteiger partial charge in [0.2, 0.25) is 5.78 Å². The smallest absolute Gasteiger partial charge is 0.205 e. The first kappa shape index (κ1) is 24.8. The van der Waals surface area contributed by atoms with Crippen molar-refractivity contribution in [3.63, 3.8) is 0 Å². The van der Waals surface area contributed by atoms with Gasteiger partial charge in [0, 0.05) is 11.8 Å². The molecule has 8 heteroatoms. The normalized spacial score (nSPS) is 30.1. The minimum atomic E-state index is -2.73. The molecule has 3 N–H and O–H groups in total. The van der Waals surface area contributed by atoms with Crippen LogP contribution in [0.1, 0.15) is 41.8 Å². The second-order valence-corrected chi connectivity index (χ2v) is 9.91. The number of fused-ring (bicyclic) bond motifs is 3. The number of ether oxygens (including phenoxy) is 1. The third-order valence-corrected chi connectivity index (χ3v) is 7.89. The van der Waals surface area contributed by atoms with Gasteiger partial charge in [-0.3, -0.25) is 19.2 Å². The van der Waals surface area contributed by atoms with Crippen LogP contribution in [0.2, 0.25) is 0 Å². The number of methoxy groups -OCH3 is 1. The fourth-order valence-electron chi connectivity index (χ4n) is 6.18. The summed E-state index contributed by atoms with van der Waals surface area (Å²) in [5, 5.41) is 33.8. The predicted octanol–water partition coefficient (Wildman–Crippen LogP) is 2.54. The number of carbonyl (C=O) groups excluding carboxylic acids is 4. The summed E-state index contributed by atoms with van der Waals surface area (Å²) in [5.74, 6) is -7.23. The van der Waals surface area contributed by atoms with Gasteiger partial charge in [0.15, 0.2) is 23.0 Å². The average Bonchev–Trinajstić information content (AvgIpc) is 2.86. The molecule has 0 saturated heterocycles. The Morgan fingerprint density at radius 3 is 2.41 bits per heavy atom. The highest BCUT2D eigenvalue weighted by atomic mass is 16.5. The molecule has 0 spiro atoms. The third-order valence-electron chi connectivity index (χ3n) is 7.89. The zero-order chi connectivity index (χ0) is 26.8. The summed E-state index contributed by atoms with van der Waals surface area (Å²) >= 11 is 0. The molecule has 3 aliphatic rings. The molecular weight excluding hydrogens is 476 g/mol. The van der Waals surface area contributed by atoms with Crippen LogP contribution in [0.25, 0.3) is 11.6 Å². The number of phenols is 1. The number of aliphatic hydroxyl groups is 2. The summed E-state index contributed by atoms with van der Waals surface area (Å²) in [6, 6.07) is 11.5. The highest BCUT2D eigenvalue weighted by Crippen LogP contribution is 2.54. The standard InChI is InChI=1S/C29H26O8/c1-13-11-19-25(32)23-18(12-15-7-9-16(37-3)10-8-15)17-5-4-6-20(31)22(17)26(33)24(23)28(35)29(19,36)27(34)21(13)14(2)30/h4-10,12,19,23-25,31-32,36H,11H2,1-3H3/b18-12+. The molecule has 0 aliphatic heterocycles. The number of Topliss-reactive ketones (excluding diaryl/α,β-unsaturated/α-hetero) is 4. The molecule has 1 saturated carbocycles. The molecule has 2 aromatic carbocycles. The summed E-state index contributed by atoms with van der Waals surface area (Å²) in [4.78, 5) is 53.1. The quantitative estimate of drug-likeness (QED) is 0.430. The van der Waals surface area contributed by atoms with Gasteiger partial charge in [0.05, 0.1) is 30.3 Å². The van der Waals surface area contributed by atoms with E-state index >= 15 is 0 Å². The average molecular weight is 503 g/mol. The first-order valence-electron chi connectivity index (χ1n) is 11.9. The maximum atomic E-state index is 13.9. The van der Waals surface area contributed by atoms with Gasteiger partial charge in [0.1, 0.15) is 11.5 Å². The van der Waals surface area contributed by atoms with Gasteiger partial charge in [-0.1, -0.05) is 35.9 Å². The Labute approximate surface area is 212 Å². The summed E-state index contributed by atoms with van der Waals surface area (Å²) < 4.78 is 5.21. The Balaban J connectivity index is 1.74. The summed E-state index contributed by atoms with van der Waals surface area (Å²) in [5.41, 5.74) is -1.28. The topological polar surface area (TPSA) is 138 Å². The molecule has 8 nitrogen and oxygen atoms in total. The van der Waals surface area contributed by atoms with Crippen LogP contribution < -0.4 is 4.74 Å². The van der Waals surface area contributed by atoms with Crippen molar-refractivity contribution in [2.45, 2.75) is 32.0 Å². The first-order valence-corrected chi connectivity index (χ1v) is 11.9. The molecule has 5 unspecified atom stereocenters. The van der Waals surface area contributed by atoms with E-state index in [0.29, 0.717) is 28.0 Å². The minimum absolute atomic E-state index is 0.0653. The molecule has 0 amide bonds. The molecule has 190 valence electrons. The fourth-order valence-corrected chi connectivity index (χ4v) is 6.18. The van der Waals surface area contributed by atoms with Crippen molar-refractivity contribution in [1.29, 1.82) is 0 Å². The van der Waals surface area contributed by atoms with Gasteiger partial charge in [-0.25, -0.2) is 0 Å². The maximum absolute atomic E-state index is 13.9. The van der Waals surface area contributed by atoms with Crippen molar-refractivity contribution in [3.05, 3.63) is 70.3 Å². The molecule has 0 heterocycles. The number of aliphatic hydroxyl groups excluding tert-OH is 1. The Bertz CT molecular complexity index is 1430. The molecular formula is C29H26O8. The van der Waals surface area contributed by atoms with Crippen LogP contribution >= 0.6 is 0 Å². The van der Waals surface area contributed by atoms with Crippen molar-refractivity contribution in [3.8, 4) is 11.5 Å². The van der Waals surface area contributed by atoms with E-state index in [4.69, 9.17) is 4.74 Å². The molecule has 3 aliphatic carbocycles. The van der Waals surface area contributed by atoms with E-state index in [9.17, 15) is 34.5 Å². The van der Waals surface area contributed by atoms with E-state index in [2.05, 4.69) is 0 Å². The highest BCUT2D eigenvalue weighted by molar-refractivity contribution is 6.33. The van der Waals surface area contributed by atoms with E-state index in [1.54, 1.807) is 49.4 Å². The van der Waals surface area contributed by atoms with Crippen molar-refractivity contribution >= 4 is 34.8 Å². The Kier molecular flexibility index (Phi) is 5.77. The van der Waals surface area contributed by atoms with Crippen molar-refractivity contribution in [2.75, 3.05) is 7.11 Å². The second kappa shape index (κ2) is 8.61. The van der Waals surface area contributed by atoms with Crippen LogP contribution in [0.4, 0.5) is 0 Å². The van der Waals surface area contributed by atoms with Gasteiger partial charge in [-0.05, 0) is 55.2 Å². The van der Waals surface area contributed by atoms with Crippen LogP contribution in [0.15, 0.2) is 53.6 Å². The predicted molar refractivity (Wildman–Crippen MR) is 133 cm³/mol. The fraction of sp³-hybridized carbons (Fsp3) is 0.310. The lowest BCUT2D eigenvalue weighted by molar-refractivity contribution is -0.175. The van der Waals surface area contributed by atoms with Gasteiger partial charge in [-0.2, -0.15) is 0 Å². The van der Waals surface area contributed by atoms with Crippen LogP contribution in [0, 0.1) is 17.8 Å². The second-order valence-electron chi connectivity index (χ2n) is 9.91. The molecule has 2 aromatic rings. The minimum Gasteiger partial charge on any atom is -0.507 e. The Morgan fingerprint density at radius 1 is 1.11 bits per heavy atom. The van der Waals surface area contributed by atoms with Crippen LogP contribution in [0.3, 0.4) is 0 Å². The van der Waals surface area contributed by atoms with E-state index in [-0.39, 0.29) is 23.3 Å². The van der Waals surface area contributed by atoms with E-state index < -0.39 is 52.6 Å². The van der Waals surface area contributed by atoms with E-state index in [0.717, 1.165) is 0 Å². The number of hydrogen-bond donors (Lipinski definition) is 3. The summed E-state index contributed by atoms with van der Waals surface area (Å²) in [6.07, 6.45) is 0.186. The number of rotatable bonds is 3. The van der Waals surface area contributed by atoms with Crippen molar-refractivity contribution in [2.24, 2.45) is 17.8 Å². The van der Waals surface area contributed by atoms with Gasteiger partial charge < -0.3 is 20.1 Å². The number of carbonyl (C=O) groups is 4. The molecule has 0 bridgehead atoms. The lowest BCUT2D eigenvalue weighted by Gasteiger charge is -2.51. The van der Waals surface area contributed by atoms with Crippen LogP contribution in [-0.4, -0.2) is 57.3 Å². The highest BCUT2D eigenvalue weighted by Gasteiger charge is 2.67. The monoisotopic (exact) mass is 502 g/mol. The zero-order valence-electron chi connectivity index (χ0n) is 20.5. The number of ketones is 4. The van der Waals surface area contributed by atoms with Crippen LogP contribution in [0.5, 0.6) is 11.5 Å². The van der Waals surface area contributed by atoms with Gasteiger partial charge in [0.25, 0.3) is 0 Å². The lowest BCUT2D eigenvalue weighted by atomic mass is 9.52. The number of aromatic hydroxyl groups is 1. The molecule has 5 rings (SSSR count). The lowest BCUT2D eigenvalue weighted by Crippen LogP contribution is -2.69. The number of hydrogen-bond acceptors (Lipinski definition) is 8. The number of allylic oxidation sites excluding steroid dienone is 1. The van der Waals surface area contributed by atoms with Gasteiger partial charge >= 0.3 is 0 Å². The third kappa shape index (κ3) is 3.43. The number of phenolic OH excluding ortho intramolecular Hbond substituents is 1. The number of benzene rings is 2. The summed E-state index contributed by atoms with van der Waals surface area (Å²) in [6.45, 7) is 2.73. The molecule has 5 atom stereocenters. The first-order chi connectivity index (χ1) is 17.5. The molecule has 1 fully saturated rings. The zero-order valence-corrected chi connectivity index (χ0v) is 20.5. The van der Waals surface area contributed by atoms with Gasteiger partial charge in [-0.15, -0.1) is 0 Å². The molecule has 37 heavy (non-hydrogen) atoms. The maximum Gasteiger partial charge on any atom is 0.205 e. The van der Waals surface area contributed by atoms with Crippen molar-refractivity contribution < 1.29 is 39.2 Å². The van der Waals surface area contributed by atoms with Crippen LogP contribution in [-0.2, 0) is 14.4 Å². The Hall–Kier alpha value is -3.88. The van der Waals surface area contributed by atoms with Crippen molar-refractivity contribution in [1.82, 2.24) is 0 Å². The molecule has 0 aromatic heterocycles. The molecule has 0 radical (unpaired) electrons. The largest absolute Gasteiger partial charge is 0.507 e. The van der Waals surface area contributed by atoms with E-state index in [1.165, 1.54) is 20.1 Å². The summed E-state index contributed by atoms with van der Waals surface area (Å²) in [7, 11) is 1.54. The van der Waals surface area contributed by atoms with E-state index in [1.807, 2.05) is 0 Å². The SMILES string of the molecule is COc1ccc(/C=C2\c3cccc(O)c3C(=O)C3C(=O)C4(O)C(=O)C(C(C)=O)=C(C)CC4C(O)C23)cc1. The Morgan fingerprint density at radius 2 is 1.78 bits per heavy atom.